The van der Waals surface area contributed by atoms with Gasteiger partial charge in [-0.2, -0.15) is 23.5 Å². The van der Waals surface area contributed by atoms with Crippen LogP contribution in [0.3, 0.4) is 0 Å². The lowest BCUT2D eigenvalue weighted by atomic mass is 9.90. The summed E-state index contributed by atoms with van der Waals surface area (Å²) in [5, 5.41) is 23.1. The van der Waals surface area contributed by atoms with Gasteiger partial charge in [0.05, 0.1) is 41.3 Å². The number of amides is 2. The summed E-state index contributed by atoms with van der Waals surface area (Å²) in [7, 11) is 0. The first-order valence-electron chi connectivity index (χ1n) is 15.1. The molecule has 2 aromatic heterocycles. The van der Waals surface area contributed by atoms with Gasteiger partial charge >= 0.3 is 12.3 Å². The molecule has 0 aliphatic carbocycles. The van der Waals surface area contributed by atoms with Crippen molar-refractivity contribution in [3.63, 3.8) is 0 Å². The largest absolute Gasteiger partial charge is 0.444 e. The molecule has 0 saturated heterocycles. The Bertz CT molecular complexity index is 2010. The summed E-state index contributed by atoms with van der Waals surface area (Å²) in [5.41, 5.74) is -6.90. The van der Waals surface area contributed by atoms with Crippen molar-refractivity contribution in [1.29, 1.82) is 5.26 Å². The van der Waals surface area contributed by atoms with E-state index in [1.807, 2.05) is 6.07 Å². The molecule has 2 aromatic carbocycles. The second-order valence-corrected chi connectivity index (χ2v) is 13.5. The van der Waals surface area contributed by atoms with E-state index in [1.165, 1.54) is 26.0 Å². The molecule has 2 atom stereocenters. The van der Waals surface area contributed by atoms with Crippen LogP contribution in [0.2, 0.25) is 0 Å². The minimum atomic E-state index is -4.68. The minimum Gasteiger partial charge on any atom is -0.444 e. The summed E-state index contributed by atoms with van der Waals surface area (Å²) in [6, 6.07) is 5.65. The second kappa shape index (κ2) is 12.5. The molecule has 2 amide bonds. The maximum atomic E-state index is 16.6. The molecular weight excluding hydrogens is 672 g/mol. The van der Waals surface area contributed by atoms with Crippen LogP contribution < -0.4 is 10.2 Å². The molecule has 1 aliphatic heterocycles. The third-order valence-electron chi connectivity index (χ3n) is 7.79. The lowest BCUT2D eigenvalue weighted by Crippen LogP contribution is -2.50. The first-order valence-corrected chi connectivity index (χ1v) is 15.1. The van der Waals surface area contributed by atoms with Gasteiger partial charge in [0.1, 0.15) is 34.4 Å². The molecule has 4 aromatic rings. The van der Waals surface area contributed by atoms with Crippen LogP contribution in [-0.4, -0.2) is 43.6 Å². The Morgan fingerprint density at radius 3 is 2.42 bits per heavy atom. The highest BCUT2D eigenvalue weighted by atomic mass is 19.4. The number of nitriles is 1. The molecule has 264 valence electrons. The van der Waals surface area contributed by atoms with E-state index < -0.39 is 77.0 Å². The molecule has 1 aliphatic rings. The summed E-state index contributed by atoms with van der Waals surface area (Å²) in [5.74, 6) is -3.43. The van der Waals surface area contributed by atoms with Gasteiger partial charge in [-0.05, 0) is 65.8 Å². The molecule has 17 heteroatoms. The molecule has 1 N–H and O–H groups in total. The monoisotopic (exact) mass is 703 g/mol. The van der Waals surface area contributed by atoms with Gasteiger partial charge in [-0.1, -0.05) is 6.07 Å². The third-order valence-corrected chi connectivity index (χ3v) is 7.79. The van der Waals surface area contributed by atoms with E-state index in [0.717, 1.165) is 34.7 Å². The SMILES string of the molecule is CC(C)(C)OC(=O)N[C@@H]1CC(C)(F)c2cc(F)c(-c3nnc(C(C)(C)C#N)o3)cc2N(Cc2ccc(-n3cc(C(F)(F)F)cn3)cc2F)C1=O. The lowest BCUT2D eigenvalue weighted by molar-refractivity contribution is -0.137. The van der Waals surface area contributed by atoms with E-state index in [-0.39, 0.29) is 34.0 Å². The average Bonchev–Trinajstić information content (AvgIpc) is 3.69. The molecule has 5 rings (SSSR count). The highest BCUT2D eigenvalue weighted by Gasteiger charge is 2.44. The zero-order valence-electron chi connectivity index (χ0n) is 27.6. The Balaban J connectivity index is 1.61. The predicted molar refractivity (Wildman–Crippen MR) is 164 cm³/mol. The lowest BCUT2D eigenvalue weighted by Gasteiger charge is -2.27. The van der Waals surface area contributed by atoms with Crippen LogP contribution >= 0.6 is 0 Å². The van der Waals surface area contributed by atoms with Crippen molar-refractivity contribution in [3.8, 4) is 23.2 Å². The predicted octanol–water partition coefficient (Wildman–Crippen LogP) is 7.04. The van der Waals surface area contributed by atoms with Gasteiger partial charge in [0.25, 0.3) is 5.89 Å². The number of anilines is 1. The van der Waals surface area contributed by atoms with Crippen LogP contribution in [0.5, 0.6) is 0 Å². The number of alkyl carbamates (subject to hydrolysis) is 1. The fraction of sp³-hybridized carbons (Fsp3) is 0.394. The first kappa shape index (κ1) is 35.9. The molecule has 0 saturated carbocycles. The first-order chi connectivity index (χ1) is 23.1. The van der Waals surface area contributed by atoms with Crippen molar-refractivity contribution in [2.24, 2.45) is 0 Å². The maximum Gasteiger partial charge on any atom is 0.419 e. The van der Waals surface area contributed by atoms with E-state index in [0.29, 0.717) is 12.4 Å². The fourth-order valence-corrected chi connectivity index (χ4v) is 5.20. The van der Waals surface area contributed by atoms with Gasteiger partial charge in [0.2, 0.25) is 11.8 Å². The summed E-state index contributed by atoms with van der Waals surface area (Å²) < 4.78 is 99.0. The standard InChI is InChI=1S/C33H31F6N7O4/c1-30(2,3)50-29(48)42-24-12-32(6,36)21-11-23(35)20(26-43-44-28(49-26)31(4,5)16-40)10-25(21)45(27(24)47)14-17-7-8-19(9-22(17)34)46-15-18(13-41-46)33(37,38)39/h7-11,13,15,24H,12,14H2,1-6H3,(H,42,48)/t24-,32?/m1/s1. The van der Waals surface area contributed by atoms with E-state index in [2.05, 4.69) is 20.6 Å². The summed E-state index contributed by atoms with van der Waals surface area (Å²) in [6.45, 7) is 8.20. The minimum absolute atomic E-state index is 0.0676. The summed E-state index contributed by atoms with van der Waals surface area (Å²) >= 11 is 0. The molecule has 0 fully saturated rings. The number of benzene rings is 2. The van der Waals surface area contributed by atoms with E-state index >= 15 is 13.2 Å². The molecule has 11 nitrogen and oxygen atoms in total. The number of alkyl halides is 4. The Morgan fingerprint density at radius 2 is 1.82 bits per heavy atom. The zero-order chi connectivity index (χ0) is 37.0. The van der Waals surface area contributed by atoms with Crippen LogP contribution in [0.4, 0.5) is 36.8 Å². The number of fused-ring (bicyclic) bond motifs is 1. The Hall–Kier alpha value is -5.40. The molecule has 0 spiro atoms. The van der Waals surface area contributed by atoms with Crippen molar-refractivity contribution < 1.29 is 45.1 Å². The highest BCUT2D eigenvalue weighted by molar-refractivity contribution is 6.01. The van der Waals surface area contributed by atoms with Gasteiger partial charge in [-0.15, -0.1) is 10.2 Å². The van der Waals surface area contributed by atoms with E-state index in [9.17, 15) is 28.0 Å². The Labute approximate surface area is 281 Å². The van der Waals surface area contributed by atoms with Crippen LogP contribution in [0.25, 0.3) is 17.1 Å². The Morgan fingerprint density at radius 1 is 1.12 bits per heavy atom. The molecular formula is C33H31F6N7O4. The Kier molecular flexibility index (Phi) is 8.96. The number of nitrogens with zero attached hydrogens (tertiary/aromatic N) is 6. The van der Waals surface area contributed by atoms with Crippen molar-refractivity contribution >= 4 is 17.7 Å². The number of hydrogen-bond donors (Lipinski definition) is 1. The third kappa shape index (κ3) is 7.28. The molecule has 50 heavy (non-hydrogen) atoms. The number of halogens is 6. The molecule has 0 radical (unpaired) electrons. The van der Waals surface area contributed by atoms with E-state index in [1.54, 1.807) is 20.8 Å². The van der Waals surface area contributed by atoms with Crippen LogP contribution in [-0.2, 0) is 33.3 Å². The van der Waals surface area contributed by atoms with Gasteiger partial charge in [-0.3, -0.25) is 4.79 Å². The van der Waals surface area contributed by atoms with Crippen molar-refractivity contribution in [1.82, 2.24) is 25.3 Å². The molecule has 1 unspecified atom stereocenters. The zero-order valence-corrected chi connectivity index (χ0v) is 27.6. The number of carbonyl (C=O) groups is 2. The maximum absolute atomic E-state index is 16.6. The smallest absolute Gasteiger partial charge is 0.419 e. The number of rotatable bonds is 6. The molecule has 3 heterocycles. The average molecular weight is 704 g/mol. The highest BCUT2D eigenvalue weighted by Crippen LogP contribution is 2.44. The van der Waals surface area contributed by atoms with Crippen LogP contribution in [0.1, 0.15) is 70.5 Å². The number of ether oxygens (including phenoxy) is 1. The summed E-state index contributed by atoms with van der Waals surface area (Å²) in [4.78, 5) is 27.9. The van der Waals surface area contributed by atoms with Gasteiger partial charge < -0.3 is 19.4 Å². The summed E-state index contributed by atoms with van der Waals surface area (Å²) in [6.07, 6.45) is -5.14. The van der Waals surface area contributed by atoms with Crippen LogP contribution in [0, 0.1) is 23.0 Å². The number of carbonyl (C=O) groups excluding carboxylic acids is 2. The van der Waals surface area contributed by atoms with Gasteiger partial charge in [0.15, 0.2) is 0 Å². The van der Waals surface area contributed by atoms with Crippen LogP contribution in [0.15, 0.2) is 47.1 Å². The number of nitrogens with one attached hydrogen (secondary N) is 1. The number of hydrogen-bond acceptors (Lipinski definition) is 8. The number of aromatic nitrogens is 4. The quantitative estimate of drug-likeness (QED) is 0.211. The topological polar surface area (TPSA) is 139 Å². The van der Waals surface area contributed by atoms with Crippen molar-refractivity contribution in [3.05, 3.63) is 76.9 Å². The van der Waals surface area contributed by atoms with Crippen molar-refractivity contribution in [2.75, 3.05) is 4.90 Å². The van der Waals surface area contributed by atoms with Gasteiger partial charge in [0, 0.05) is 23.7 Å². The normalized spacial score (nSPS) is 18.3. The second-order valence-electron chi connectivity index (χ2n) is 13.5. The van der Waals surface area contributed by atoms with Gasteiger partial charge in [-0.25, -0.2) is 22.6 Å². The van der Waals surface area contributed by atoms with Crippen molar-refractivity contribution in [2.45, 2.75) is 83.4 Å². The van der Waals surface area contributed by atoms with E-state index in [4.69, 9.17) is 9.15 Å². The fourth-order valence-electron chi connectivity index (χ4n) is 5.20. The molecule has 0 bridgehead atoms.